The number of hydrogen-bond donors (Lipinski definition) is 2. The van der Waals surface area contributed by atoms with Crippen molar-refractivity contribution in [3.05, 3.63) is 18.2 Å². The SMILES string of the molecule is CNCC(C)C(=O)Nc1ccc(S(=O)(=O)N2CCCC2)c(OC)c1. The molecule has 0 aliphatic carbocycles. The molecule has 1 heterocycles. The maximum absolute atomic E-state index is 12.7. The monoisotopic (exact) mass is 355 g/mol. The third kappa shape index (κ3) is 4.06. The molecule has 0 radical (unpaired) electrons. The van der Waals surface area contributed by atoms with Gasteiger partial charge in [-0.3, -0.25) is 4.79 Å². The predicted molar refractivity (Wildman–Crippen MR) is 92.7 cm³/mol. The molecule has 1 aromatic carbocycles. The van der Waals surface area contributed by atoms with Crippen LogP contribution in [0.5, 0.6) is 5.75 Å². The van der Waals surface area contributed by atoms with Gasteiger partial charge in [0.05, 0.1) is 7.11 Å². The van der Waals surface area contributed by atoms with Crippen LogP contribution < -0.4 is 15.4 Å². The maximum atomic E-state index is 12.7. The minimum atomic E-state index is -3.57. The van der Waals surface area contributed by atoms with Gasteiger partial charge in [-0.2, -0.15) is 4.31 Å². The zero-order valence-corrected chi connectivity index (χ0v) is 15.1. The van der Waals surface area contributed by atoms with Gasteiger partial charge in [-0.1, -0.05) is 6.92 Å². The quantitative estimate of drug-likeness (QED) is 0.769. The number of ether oxygens (including phenoxy) is 1. The molecule has 1 aromatic rings. The van der Waals surface area contributed by atoms with E-state index in [1.165, 1.54) is 17.5 Å². The summed E-state index contributed by atoms with van der Waals surface area (Å²) in [5.74, 6) is -0.100. The number of nitrogens with one attached hydrogen (secondary N) is 2. The molecular formula is C16H25N3O4S. The van der Waals surface area contributed by atoms with Gasteiger partial charge in [0.25, 0.3) is 0 Å². The van der Waals surface area contributed by atoms with Gasteiger partial charge in [0.15, 0.2) is 0 Å². The number of hydrogen-bond acceptors (Lipinski definition) is 5. The van der Waals surface area contributed by atoms with Gasteiger partial charge < -0.3 is 15.4 Å². The molecule has 7 nitrogen and oxygen atoms in total. The van der Waals surface area contributed by atoms with E-state index < -0.39 is 10.0 Å². The Hall–Kier alpha value is -1.64. The van der Waals surface area contributed by atoms with E-state index in [1.54, 1.807) is 19.2 Å². The smallest absolute Gasteiger partial charge is 0.246 e. The average molecular weight is 355 g/mol. The summed E-state index contributed by atoms with van der Waals surface area (Å²) < 4.78 is 32.1. The minimum absolute atomic E-state index is 0.133. The van der Waals surface area contributed by atoms with Crippen molar-refractivity contribution in [2.75, 3.05) is 39.1 Å². The number of sulfonamides is 1. The molecule has 0 spiro atoms. The number of amides is 1. The third-order valence-corrected chi connectivity index (χ3v) is 6.01. The molecule has 0 bridgehead atoms. The highest BCUT2D eigenvalue weighted by atomic mass is 32.2. The Morgan fingerprint density at radius 1 is 1.33 bits per heavy atom. The summed E-state index contributed by atoms with van der Waals surface area (Å²) >= 11 is 0. The van der Waals surface area contributed by atoms with E-state index in [0.29, 0.717) is 25.3 Å². The lowest BCUT2D eigenvalue weighted by atomic mass is 10.1. The number of nitrogens with zero attached hydrogens (tertiary/aromatic N) is 1. The standard InChI is InChI=1S/C16H25N3O4S/c1-12(11-17-2)16(20)18-13-6-7-15(14(10-13)23-3)24(21,22)19-8-4-5-9-19/h6-7,10,12,17H,4-5,8-9,11H2,1-3H3,(H,18,20). The molecule has 24 heavy (non-hydrogen) atoms. The lowest BCUT2D eigenvalue weighted by Gasteiger charge is -2.18. The molecule has 1 atom stereocenters. The van der Waals surface area contributed by atoms with Gasteiger partial charge in [-0.25, -0.2) is 8.42 Å². The molecule has 1 fully saturated rings. The lowest BCUT2D eigenvalue weighted by Crippen LogP contribution is -2.29. The van der Waals surface area contributed by atoms with Crippen molar-refractivity contribution < 1.29 is 17.9 Å². The molecule has 0 aromatic heterocycles. The Balaban J connectivity index is 2.23. The topological polar surface area (TPSA) is 87.7 Å². The lowest BCUT2D eigenvalue weighted by molar-refractivity contribution is -0.119. The number of rotatable bonds is 7. The molecule has 1 aliphatic heterocycles. The summed E-state index contributed by atoms with van der Waals surface area (Å²) in [6, 6.07) is 4.63. The van der Waals surface area contributed by atoms with Crippen LogP contribution in [0, 0.1) is 5.92 Å². The number of carbonyl (C=O) groups excluding carboxylic acids is 1. The van der Waals surface area contributed by atoms with Crippen molar-refractivity contribution in [2.45, 2.75) is 24.7 Å². The van der Waals surface area contributed by atoms with E-state index in [0.717, 1.165) is 12.8 Å². The summed E-state index contributed by atoms with van der Waals surface area (Å²) in [6.07, 6.45) is 1.75. The summed E-state index contributed by atoms with van der Waals surface area (Å²) in [6.45, 7) is 3.44. The normalized spacial score (nSPS) is 16.8. The van der Waals surface area contributed by atoms with Crippen LogP contribution in [0.4, 0.5) is 5.69 Å². The Morgan fingerprint density at radius 3 is 2.58 bits per heavy atom. The zero-order chi connectivity index (χ0) is 17.7. The van der Waals surface area contributed by atoms with Crippen LogP contribution in [0.25, 0.3) is 0 Å². The Bertz CT molecular complexity index is 685. The van der Waals surface area contributed by atoms with Gasteiger partial charge in [0.1, 0.15) is 10.6 Å². The van der Waals surface area contributed by atoms with Crippen LogP contribution in [0.2, 0.25) is 0 Å². The van der Waals surface area contributed by atoms with E-state index in [9.17, 15) is 13.2 Å². The molecule has 1 unspecified atom stereocenters. The van der Waals surface area contributed by atoms with Crippen LogP contribution >= 0.6 is 0 Å². The van der Waals surface area contributed by atoms with Crippen molar-refractivity contribution in [3.63, 3.8) is 0 Å². The van der Waals surface area contributed by atoms with E-state index in [2.05, 4.69) is 10.6 Å². The molecule has 1 saturated heterocycles. The highest BCUT2D eigenvalue weighted by Gasteiger charge is 2.30. The van der Waals surface area contributed by atoms with Gasteiger partial charge >= 0.3 is 0 Å². The van der Waals surface area contributed by atoms with Gasteiger partial charge in [-0.15, -0.1) is 0 Å². The number of anilines is 1. The second kappa shape index (κ2) is 7.96. The minimum Gasteiger partial charge on any atom is -0.495 e. The van der Waals surface area contributed by atoms with Crippen LogP contribution in [-0.4, -0.2) is 52.4 Å². The van der Waals surface area contributed by atoms with Crippen molar-refractivity contribution in [1.82, 2.24) is 9.62 Å². The van der Waals surface area contributed by atoms with E-state index in [4.69, 9.17) is 4.74 Å². The first kappa shape index (κ1) is 18.7. The molecule has 134 valence electrons. The van der Waals surface area contributed by atoms with E-state index in [1.807, 2.05) is 6.92 Å². The number of methoxy groups -OCH3 is 1. The maximum Gasteiger partial charge on any atom is 0.246 e. The average Bonchev–Trinajstić information content (AvgIpc) is 3.10. The molecule has 1 aliphatic rings. The fourth-order valence-corrected chi connectivity index (χ4v) is 4.34. The van der Waals surface area contributed by atoms with Crippen molar-refractivity contribution >= 4 is 21.6 Å². The molecule has 1 amide bonds. The van der Waals surface area contributed by atoms with Crippen LogP contribution in [-0.2, 0) is 14.8 Å². The van der Waals surface area contributed by atoms with Crippen molar-refractivity contribution in [2.24, 2.45) is 5.92 Å². The highest BCUT2D eigenvalue weighted by Crippen LogP contribution is 2.31. The van der Waals surface area contributed by atoms with Crippen LogP contribution in [0.1, 0.15) is 19.8 Å². The van der Waals surface area contributed by atoms with Gasteiger partial charge in [0, 0.05) is 37.3 Å². The fourth-order valence-electron chi connectivity index (χ4n) is 2.69. The third-order valence-electron chi connectivity index (χ3n) is 4.07. The summed E-state index contributed by atoms with van der Waals surface area (Å²) in [5, 5.41) is 5.73. The van der Waals surface area contributed by atoms with Crippen LogP contribution in [0.3, 0.4) is 0 Å². The molecule has 8 heteroatoms. The largest absolute Gasteiger partial charge is 0.495 e. The first-order valence-corrected chi connectivity index (χ1v) is 9.47. The predicted octanol–water partition coefficient (Wildman–Crippen LogP) is 1.27. The van der Waals surface area contributed by atoms with Crippen molar-refractivity contribution in [3.8, 4) is 5.75 Å². The fraction of sp³-hybridized carbons (Fsp3) is 0.562. The summed E-state index contributed by atoms with van der Waals surface area (Å²) in [4.78, 5) is 12.2. The molecule has 2 N–H and O–H groups in total. The van der Waals surface area contributed by atoms with E-state index >= 15 is 0 Å². The van der Waals surface area contributed by atoms with Crippen LogP contribution in [0.15, 0.2) is 23.1 Å². The summed E-state index contributed by atoms with van der Waals surface area (Å²) in [7, 11) is -0.359. The molecular weight excluding hydrogens is 330 g/mol. The zero-order valence-electron chi connectivity index (χ0n) is 14.3. The van der Waals surface area contributed by atoms with Crippen molar-refractivity contribution in [1.29, 1.82) is 0 Å². The Morgan fingerprint density at radius 2 is 2.00 bits per heavy atom. The van der Waals surface area contributed by atoms with E-state index in [-0.39, 0.29) is 22.5 Å². The molecule has 2 rings (SSSR count). The number of carbonyl (C=O) groups is 1. The highest BCUT2D eigenvalue weighted by molar-refractivity contribution is 7.89. The summed E-state index contributed by atoms with van der Waals surface area (Å²) in [5.41, 5.74) is 0.514. The Labute approximate surface area is 143 Å². The second-order valence-electron chi connectivity index (χ2n) is 5.92. The number of benzene rings is 1. The van der Waals surface area contributed by atoms with Gasteiger partial charge in [-0.05, 0) is 32.0 Å². The van der Waals surface area contributed by atoms with Gasteiger partial charge in [0.2, 0.25) is 15.9 Å². The second-order valence-corrected chi connectivity index (χ2v) is 7.83. The first-order chi connectivity index (χ1) is 11.4. The molecule has 0 saturated carbocycles. The Kier molecular flexibility index (Phi) is 6.20. The first-order valence-electron chi connectivity index (χ1n) is 8.03.